The van der Waals surface area contributed by atoms with Gasteiger partial charge < -0.3 is 15.2 Å². The molecule has 0 heterocycles. The van der Waals surface area contributed by atoms with E-state index in [2.05, 4.69) is 5.32 Å². The highest BCUT2D eigenvalue weighted by Crippen LogP contribution is 2.33. The van der Waals surface area contributed by atoms with Gasteiger partial charge in [-0.15, -0.1) is 0 Å². The molecule has 0 aliphatic carbocycles. The molecule has 0 atom stereocenters. The summed E-state index contributed by atoms with van der Waals surface area (Å²) in [5.74, 6) is 0.825. The van der Waals surface area contributed by atoms with Crippen molar-refractivity contribution in [3.05, 3.63) is 59.2 Å². The number of hydrogen-bond donors (Lipinski definition) is 2. The molecule has 0 fully saturated rings. The van der Waals surface area contributed by atoms with Crippen LogP contribution in [0.2, 0.25) is 0 Å². The molecule has 0 aliphatic heterocycles. The number of carbonyl (C=O) groups excluding carboxylic acids is 1. The Morgan fingerprint density at radius 1 is 1.21 bits per heavy atom. The molecule has 0 saturated heterocycles. The fraction of sp³-hybridized carbons (Fsp3) is 0.250. The van der Waals surface area contributed by atoms with E-state index in [0.717, 1.165) is 16.8 Å². The van der Waals surface area contributed by atoms with Crippen molar-refractivity contribution >= 4 is 17.5 Å². The molecule has 4 nitrogen and oxygen atoms in total. The van der Waals surface area contributed by atoms with E-state index in [1.807, 2.05) is 39.1 Å². The van der Waals surface area contributed by atoms with Crippen molar-refractivity contribution in [3.63, 3.8) is 0 Å². The molecular formula is C20H23NO3. The lowest BCUT2D eigenvalue weighted by Gasteiger charge is -2.12. The Labute approximate surface area is 142 Å². The molecule has 0 aliphatic rings. The van der Waals surface area contributed by atoms with E-state index in [1.165, 1.54) is 6.08 Å². The first kappa shape index (κ1) is 17.6. The molecule has 0 aromatic heterocycles. The van der Waals surface area contributed by atoms with Crippen LogP contribution < -0.4 is 10.1 Å². The third-order valence-electron chi connectivity index (χ3n) is 3.87. The van der Waals surface area contributed by atoms with Crippen molar-refractivity contribution in [2.75, 3.05) is 19.5 Å². The van der Waals surface area contributed by atoms with E-state index in [-0.39, 0.29) is 17.5 Å². The van der Waals surface area contributed by atoms with Gasteiger partial charge >= 0.3 is 0 Å². The highest BCUT2D eigenvalue weighted by molar-refractivity contribution is 6.07. The molecule has 0 amide bonds. The molecule has 4 heteroatoms. The number of aromatic hydroxyl groups is 1. The Hall–Kier alpha value is -2.75. The van der Waals surface area contributed by atoms with Gasteiger partial charge in [0.15, 0.2) is 5.78 Å². The summed E-state index contributed by atoms with van der Waals surface area (Å²) < 4.78 is 5.30. The number of allylic oxidation sites excluding steroid dienone is 1. The van der Waals surface area contributed by atoms with Gasteiger partial charge in [-0.1, -0.05) is 13.8 Å². The van der Waals surface area contributed by atoms with Crippen molar-refractivity contribution in [2.45, 2.75) is 19.8 Å². The van der Waals surface area contributed by atoms with Crippen molar-refractivity contribution in [2.24, 2.45) is 0 Å². The molecule has 2 aromatic carbocycles. The first-order chi connectivity index (χ1) is 11.5. The third kappa shape index (κ3) is 3.96. The molecule has 0 unspecified atom stereocenters. The molecule has 0 radical (unpaired) electrons. The second-order valence-corrected chi connectivity index (χ2v) is 5.83. The number of methoxy groups -OCH3 is 1. The Morgan fingerprint density at radius 3 is 2.42 bits per heavy atom. The maximum absolute atomic E-state index is 12.3. The number of benzene rings is 2. The van der Waals surface area contributed by atoms with E-state index in [0.29, 0.717) is 11.3 Å². The average molecular weight is 325 g/mol. The van der Waals surface area contributed by atoms with Crippen molar-refractivity contribution in [1.82, 2.24) is 0 Å². The van der Waals surface area contributed by atoms with Gasteiger partial charge in [0.25, 0.3) is 0 Å². The molecule has 2 rings (SSSR count). The topological polar surface area (TPSA) is 58.6 Å². The second-order valence-electron chi connectivity index (χ2n) is 5.83. The minimum absolute atomic E-state index is 0.0844. The third-order valence-corrected chi connectivity index (χ3v) is 3.87. The van der Waals surface area contributed by atoms with Crippen LogP contribution in [0.5, 0.6) is 11.5 Å². The van der Waals surface area contributed by atoms with Crippen LogP contribution >= 0.6 is 0 Å². The predicted molar refractivity (Wildman–Crippen MR) is 98.1 cm³/mol. The molecule has 2 aromatic rings. The van der Waals surface area contributed by atoms with Gasteiger partial charge in [-0.2, -0.15) is 0 Å². The first-order valence-corrected chi connectivity index (χ1v) is 7.87. The second kappa shape index (κ2) is 7.68. The van der Waals surface area contributed by atoms with Gasteiger partial charge in [0, 0.05) is 29.9 Å². The summed E-state index contributed by atoms with van der Waals surface area (Å²) in [6, 6.07) is 10.7. The number of nitrogens with one attached hydrogen (secondary N) is 1. The monoisotopic (exact) mass is 325 g/mol. The predicted octanol–water partition coefficient (Wildman–Crippen LogP) is 4.46. The van der Waals surface area contributed by atoms with Crippen LogP contribution in [0.1, 0.15) is 41.3 Å². The maximum Gasteiger partial charge on any atom is 0.185 e. The van der Waals surface area contributed by atoms with Crippen LogP contribution in [0.3, 0.4) is 0 Å². The smallest absolute Gasteiger partial charge is 0.185 e. The number of hydrogen-bond acceptors (Lipinski definition) is 4. The van der Waals surface area contributed by atoms with E-state index < -0.39 is 0 Å². The van der Waals surface area contributed by atoms with Crippen LogP contribution in [0.15, 0.2) is 42.5 Å². The van der Waals surface area contributed by atoms with Crippen LogP contribution in [-0.2, 0) is 0 Å². The number of phenols is 1. The quantitative estimate of drug-likeness (QED) is 0.608. The minimum Gasteiger partial charge on any atom is -0.508 e. The highest BCUT2D eigenvalue weighted by Gasteiger charge is 2.11. The van der Waals surface area contributed by atoms with Gasteiger partial charge in [0.1, 0.15) is 11.5 Å². The van der Waals surface area contributed by atoms with Crippen molar-refractivity contribution in [3.8, 4) is 11.5 Å². The van der Waals surface area contributed by atoms with Gasteiger partial charge in [0.2, 0.25) is 0 Å². The van der Waals surface area contributed by atoms with Crippen LogP contribution in [0.25, 0.3) is 6.08 Å². The summed E-state index contributed by atoms with van der Waals surface area (Å²) in [6.45, 7) is 4.01. The van der Waals surface area contributed by atoms with Gasteiger partial charge in [0.05, 0.1) is 7.11 Å². The lowest BCUT2D eigenvalue weighted by molar-refractivity contribution is 0.104. The lowest BCUT2D eigenvalue weighted by Crippen LogP contribution is -1.96. The summed E-state index contributed by atoms with van der Waals surface area (Å²) in [7, 11) is 3.37. The number of anilines is 1. The van der Waals surface area contributed by atoms with Crippen LogP contribution in [0.4, 0.5) is 5.69 Å². The van der Waals surface area contributed by atoms with Gasteiger partial charge in [-0.25, -0.2) is 0 Å². The van der Waals surface area contributed by atoms with Gasteiger partial charge in [-0.05, 0) is 54.0 Å². The Balaban J connectivity index is 2.29. The van der Waals surface area contributed by atoms with E-state index in [1.54, 1.807) is 31.4 Å². The highest BCUT2D eigenvalue weighted by atomic mass is 16.5. The largest absolute Gasteiger partial charge is 0.508 e. The van der Waals surface area contributed by atoms with Gasteiger partial charge in [-0.3, -0.25) is 4.79 Å². The zero-order valence-electron chi connectivity index (χ0n) is 14.5. The average Bonchev–Trinajstić information content (AvgIpc) is 2.59. The fourth-order valence-corrected chi connectivity index (χ4v) is 2.44. The number of ether oxygens (including phenoxy) is 1. The van der Waals surface area contributed by atoms with Crippen LogP contribution in [-0.4, -0.2) is 25.0 Å². The van der Waals surface area contributed by atoms with E-state index >= 15 is 0 Å². The van der Waals surface area contributed by atoms with E-state index in [9.17, 15) is 9.90 Å². The van der Waals surface area contributed by atoms with Crippen molar-refractivity contribution < 1.29 is 14.6 Å². The van der Waals surface area contributed by atoms with Crippen LogP contribution in [0, 0.1) is 0 Å². The SMILES string of the molecule is CNc1ccc(C(=O)C=Cc2cc(C(C)C)c(O)cc2OC)cc1. The molecule has 126 valence electrons. The first-order valence-electron chi connectivity index (χ1n) is 7.87. The van der Waals surface area contributed by atoms with E-state index in [4.69, 9.17) is 4.74 Å². The van der Waals surface area contributed by atoms with Crippen molar-refractivity contribution in [1.29, 1.82) is 0 Å². The minimum atomic E-state index is -0.0844. The standard InChI is InChI=1S/C20H23NO3/c1-13(2)17-11-15(20(24-4)12-19(17)23)7-10-18(22)14-5-8-16(21-3)9-6-14/h5-13,21,23H,1-4H3. The lowest BCUT2D eigenvalue weighted by atomic mass is 9.98. The normalized spacial score (nSPS) is 11.0. The Bertz CT molecular complexity index is 746. The molecule has 0 bridgehead atoms. The number of carbonyl (C=O) groups is 1. The summed E-state index contributed by atoms with van der Waals surface area (Å²) in [6.07, 6.45) is 3.24. The molecule has 0 saturated carbocycles. The summed E-state index contributed by atoms with van der Waals surface area (Å²) in [5.41, 5.74) is 3.16. The maximum atomic E-state index is 12.3. The fourth-order valence-electron chi connectivity index (χ4n) is 2.44. The number of phenolic OH excluding ortho intramolecular Hbond substituents is 1. The molecule has 2 N–H and O–H groups in total. The number of rotatable bonds is 6. The zero-order chi connectivity index (χ0) is 17.7. The molecule has 0 spiro atoms. The summed E-state index contributed by atoms with van der Waals surface area (Å²) in [5, 5.41) is 13.1. The zero-order valence-corrected chi connectivity index (χ0v) is 14.5. The Kier molecular flexibility index (Phi) is 5.64. The molecular weight excluding hydrogens is 302 g/mol. The number of ketones is 1. The summed E-state index contributed by atoms with van der Waals surface area (Å²) in [4.78, 5) is 12.3. The summed E-state index contributed by atoms with van der Waals surface area (Å²) >= 11 is 0. The molecule has 24 heavy (non-hydrogen) atoms. The Morgan fingerprint density at radius 2 is 1.88 bits per heavy atom.